The molecule has 0 saturated carbocycles. The van der Waals surface area contributed by atoms with Gasteiger partial charge >= 0.3 is 0 Å². The summed E-state index contributed by atoms with van der Waals surface area (Å²) in [6, 6.07) is 8.58. The molecule has 2 aromatic rings. The Morgan fingerprint density at radius 3 is 2.76 bits per heavy atom. The summed E-state index contributed by atoms with van der Waals surface area (Å²) in [6.45, 7) is 2.19. The molecule has 0 amide bonds. The first-order valence-electron chi connectivity index (χ1n) is 8.67. The highest BCUT2D eigenvalue weighted by molar-refractivity contribution is 7.09. The molecular weight excluding hydrogens is 354 g/mol. The fraction of sp³-hybridized carbons (Fsp3) is 0.500. The molecule has 1 atom stereocenters. The molecule has 1 heterocycles. The van der Waals surface area contributed by atoms with Crippen molar-refractivity contribution < 1.29 is 9.47 Å². The van der Waals surface area contributed by atoms with E-state index in [4.69, 9.17) is 9.47 Å². The average Bonchev–Trinajstić information content (AvgIpc) is 3.12. The van der Waals surface area contributed by atoms with Crippen LogP contribution in [0.15, 0.2) is 29.6 Å². The number of methoxy groups -OCH3 is 2. The van der Waals surface area contributed by atoms with E-state index in [9.17, 15) is 0 Å². The van der Waals surface area contributed by atoms with E-state index in [2.05, 4.69) is 35.5 Å². The molecule has 0 spiro atoms. The van der Waals surface area contributed by atoms with Gasteiger partial charge in [0.15, 0.2) is 0 Å². The predicted molar refractivity (Wildman–Crippen MR) is 108 cm³/mol. The van der Waals surface area contributed by atoms with Gasteiger partial charge in [0.1, 0.15) is 11.5 Å². The molecule has 3 rings (SSSR count). The second-order valence-electron chi connectivity index (χ2n) is 6.58. The molecule has 1 aliphatic rings. The van der Waals surface area contributed by atoms with Crippen molar-refractivity contribution in [3.8, 4) is 11.5 Å². The van der Waals surface area contributed by atoms with Crippen molar-refractivity contribution in [2.75, 3.05) is 34.4 Å². The number of nitrogens with zero attached hydrogens (tertiary/aromatic N) is 1. The van der Waals surface area contributed by atoms with E-state index in [1.807, 2.05) is 17.4 Å². The van der Waals surface area contributed by atoms with E-state index in [-0.39, 0.29) is 12.4 Å². The molecule has 3 nitrogen and oxygen atoms in total. The van der Waals surface area contributed by atoms with Crippen molar-refractivity contribution in [2.45, 2.75) is 31.6 Å². The molecular formula is C20H28ClNO2S. The van der Waals surface area contributed by atoms with Crippen molar-refractivity contribution in [3.05, 3.63) is 45.6 Å². The highest BCUT2D eigenvalue weighted by atomic mass is 35.5. The molecule has 0 bridgehead atoms. The first kappa shape index (κ1) is 20.1. The summed E-state index contributed by atoms with van der Waals surface area (Å²) in [6.07, 6.45) is 4.73. The molecule has 1 aliphatic carbocycles. The van der Waals surface area contributed by atoms with Crippen LogP contribution in [-0.4, -0.2) is 39.3 Å². The maximum Gasteiger partial charge on any atom is 0.126 e. The van der Waals surface area contributed by atoms with Crippen molar-refractivity contribution in [3.63, 3.8) is 0 Å². The van der Waals surface area contributed by atoms with Gasteiger partial charge in [-0.1, -0.05) is 6.07 Å². The predicted octanol–water partition coefficient (Wildman–Crippen LogP) is 4.78. The summed E-state index contributed by atoms with van der Waals surface area (Å²) < 4.78 is 11.1. The van der Waals surface area contributed by atoms with E-state index in [0.29, 0.717) is 5.92 Å². The highest BCUT2D eigenvalue weighted by Gasteiger charge is 2.26. The maximum absolute atomic E-state index is 5.69. The van der Waals surface area contributed by atoms with Crippen molar-refractivity contribution in [2.24, 2.45) is 0 Å². The summed E-state index contributed by atoms with van der Waals surface area (Å²) >= 11 is 1.85. The first-order chi connectivity index (χ1) is 11.7. The Bertz CT molecular complexity index is 643. The number of fused-ring (bicyclic) bond motifs is 1. The van der Waals surface area contributed by atoms with E-state index in [1.54, 1.807) is 14.2 Å². The average molecular weight is 382 g/mol. The van der Waals surface area contributed by atoms with Crippen LogP contribution in [-0.2, 0) is 12.8 Å². The van der Waals surface area contributed by atoms with Gasteiger partial charge in [0.25, 0.3) is 0 Å². The largest absolute Gasteiger partial charge is 0.497 e. The third kappa shape index (κ3) is 4.90. The van der Waals surface area contributed by atoms with Crippen LogP contribution in [0.2, 0.25) is 0 Å². The van der Waals surface area contributed by atoms with Crippen LogP contribution in [0, 0.1) is 0 Å². The Hall–Kier alpha value is -1.23. The smallest absolute Gasteiger partial charge is 0.126 e. The number of hydrogen-bond donors (Lipinski definition) is 0. The Morgan fingerprint density at radius 1 is 1.24 bits per heavy atom. The van der Waals surface area contributed by atoms with Gasteiger partial charge in [0, 0.05) is 35.5 Å². The van der Waals surface area contributed by atoms with Crippen LogP contribution in [0.5, 0.6) is 11.5 Å². The summed E-state index contributed by atoms with van der Waals surface area (Å²) in [5.41, 5.74) is 2.79. The molecule has 0 fully saturated rings. The first-order valence-corrected chi connectivity index (χ1v) is 9.55. The van der Waals surface area contributed by atoms with Crippen molar-refractivity contribution >= 4 is 23.7 Å². The number of hydrogen-bond acceptors (Lipinski definition) is 4. The SMILES string of the molecule is COc1cc2c(c(OC)c1)C(CN(C)CCc1cccs1)CCC2.Cl. The van der Waals surface area contributed by atoms with Crippen LogP contribution >= 0.6 is 23.7 Å². The number of likely N-dealkylation sites (N-methyl/N-ethyl adjacent to an activating group) is 1. The molecule has 1 unspecified atom stereocenters. The second-order valence-corrected chi connectivity index (χ2v) is 7.62. The van der Waals surface area contributed by atoms with Crippen LogP contribution < -0.4 is 9.47 Å². The van der Waals surface area contributed by atoms with E-state index < -0.39 is 0 Å². The van der Waals surface area contributed by atoms with Gasteiger partial charge in [-0.15, -0.1) is 23.7 Å². The lowest BCUT2D eigenvalue weighted by Crippen LogP contribution is -2.28. The summed E-state index contributed by atoms with van der Waals surface area (Å²) in [5, 5.41) is 2.16. The number of rotatable bonds is 7. The van der Waals surface area contributed by atoms with Gasteiger partial charge in [-0.2, -0.15) is 0 Å². The fourth-order valence-corrected chi connectivity index (χ4v) is 4.40. The molecule has 1 aromatic heterocycles. The van der Waals surface area contributed by atoms with Gasteiger partial charge in [0.05, 0.1) is 14.2 Å². The Balaban J connectivity index is 0.00000225. The minimum absolute atomic E-state index is 0. The Morgan fingerprint density at radius 2 is 2.08 bits per heavy atom. The van der Waals surface area contributed by atoms with Gasteiger partial charge in [0.2, 0.25) is 0 Å². The van der Waals surface area contributed by atoms with Crippen LogP contribution in [0.1, 0.15) is 34.8 Å². The number of aryl methyl sites for hydroxylation is 1. The molecule has 5 heteroatoms. The standard InChI is InChI=1S/C20H27NO2S.ClH/c1-21(10-9-18-8-5-11-24-18)14-16-7-4-6-15-12-17(22-2)13-19(23-3)20(15)16;/h5,8,11-13,16H,4,6-7,9-10,14H2,1-3H3;1H. The van der Waals surface area contributed by atoms with E-state index in [1.165, 1.54) is 28.8 Å². The summed E-state index contributed by atoms with van der Waals surface area (Å²) in [7, 11) is 5.72. The van der Waals surface area contributed by atoms with Gasteiger partial charge < -0.3 is 14.4 Å². The van der Waals surface area contributed by atoms with Crippen LogP contribution in [0.4, 0.5) is 0 Å². The van der Waals surface area contributed by atoms with Gasteiger partial charge in [-0.05, 0) is 55.8 Å². The lowest BCUT2D eigenvalue weighted by Gasteiger charge is -2.31. The normalized spacial score (nSPS) is 16.2. The molecule has 138 valence electrons. The maximum atomic E-state index is 5.69. The third-order valence-corrected chi connectivity index (χ3v) is 5.85. The van der Waals surface area contributed by atoms with Gasteiger partial charge in [-0.3, -0.25) is 0 Å². The molecule has 0 saturated heterocycles. The monoisotopic (exact) mass is 381 g/mol. The fourth-order valence-electron chi connectivity index (χ4n) is 3.70. The zero-order valence-corrected chi connectivity index (χ0v) is 16.9. The van der Waals surface area contributed by atoms with Crippen molar-refractivity contribution in [1.82, 2.24) is 4.90 Å². The molecule has 1 aromatic carbocycles. The molecule has 0 N–H and O–H groups in total. The van der Waals surface area contributed by atoms with Crippen LogP contribution in [0.25, 0.3) is 0 Å². The minimum atomic E-state index is 0. The van der Waals surface area contributed by atoms with Gasteiger partial charge in [-0.25, -0.2) is 0 Å². The number of benzene rings is 1. The minimum Gasteiger partial charge on any atom is -0.497 e. The Labute approximate surface area is 161 Å². The van der Waals surface area contributed by atoms with Crippen molar-refractivity contribution in [1.29, 1.82) is 0 Å². The third-order valence-electron chi connectivity index (χ3n) is 4.92. The number of thiophene rings is 1. The Kier molecular flexibility index (Phi) is 7.60. The molecule has 0 radical (unpaired) electrons. The zero-order valence-electron chi connectivity index (χ0n) is 15.3. The zero-order chi connectivity index (χ0) is 16.9. The molecule has 0 aliphatic heterocycles. The second kappa shape index (κ2) is 9.46. The number of ether oxygens (including phenoxy) is 2. The quantitative estimate of drug-likeness (QED) is 0.688. The number of halogens is 1. The van der Waals surface area contributed by atoms with E-state index >= 15 is 0 Å². The summed E-state index contributed by atoms with van der Waals surface area (Å²) in [4.78, 5) is 3.93. The van der Waals surface area contributed by atoms with Crippen LogP contribution in [0.3, 0.4) is 0 Å². The highest BCUT2D eigenvalue weighted by Crippen LogP contribution is 2.40. The van der Waals surface area contributed by atoms with E-state index in [0.717, 1.165) is 37.4 Å². The molecule has 25 heavy (non-hydrogen) atoms. The lowest BCUT2D eigenvalue weighted by atomic mass is 9.81. The summed E-state index contributed by atoms with van der Waals surface area (Å²) in [5.74, 6) is 2.43. The topological polar surface area (TPSA) is 21.7 Å². The lowest BCUT2D eigenvalue weighted by molar-refractivity contribution is 0.295.